The van der Waals surface area contributed by atoms with Gasteiger partial charge >= 0.3 is 23.8 Å². The SMILES string of the molecule is CCCCCNC(=O)[C@H](Cc1ccc(N(C(=O)C(=O)O)c2ccccc2C(=O)O)c(C=CC(N)=O)c1)NC(=O)[C@H](Cc1ccccc1)NC(=O)CCC(=O)O. The molecular weight excluding hydrogens is 714 g/mol. The van der Waals surface area contributed by atoms with Crippen molar-refractivity contribution in [2.75, 3.05) is 11.4 Å². The lowest BCUT2D eigenvalue weighted by Crippen LogP contribution is -2.55. The maximum atomic E-state index is 13.8. The van der Waals surface area contributed by atoms with Crippen LogP contribution in [0.4, 0.5) is 11.4 Å². The summed E-state index contributed by atoms with van der Waals surface area (Å²) in [6.07, 6.45) is 3.46. The number of amides is 5. The monoisotopic (exact) mass is 757 g/mol. The zero-order valence-electron chi connectivity index (χ0n) is 30.0. The molecule has 0 spiro atoms. The molecule has 16 heteroatoms. The lowest BCUT2D eigenvalue weighted by molar-refractivity contribution is -0.148. The van der Waals surface area contributed by atoms with Crippen LogP contribution in [-0.2, 0) is 46.4 Å². The molecule has 0 saturated carbocycles. The first-order chi connectivity index (χ1) is 26.2. The second-order valence-electron chi connectivity index (χ2n) is 12.4. The number of carbonyl (C=O) groups excluding carboxylic acids is 5. The Kier molecular flexibility index (Phi) is 16.3. The fourth-order valence-electron chi connectivity index (χ4n) is 5.51. The van der Waals surface area contributed by atoms with Crippen molar-refractivity contribution in [3.8, 4) is 0 Å². The molecule has 16 nitrogen and oxygen atoms in total. The highest BCUT2D eigenvalue weighted by atomic mass is 16.4. The number of rotatable bonds is 20. The highest BCUT2D eigenvalue weighted by molar-refractivity contribution is 6.39. The molecule has 0 aliphatic rings. The van der Waals surface area contributed by atoms with Crippen LogP contribution in [0.5, 0.6) is 0 Å². The third kappa shape index (κ3) is 13.3. The summed E-state index contributed by atoms with van der Waals surface area (Å²) >= 11 is 0. The maximum Gasteiger partial charge on any atom is 0.395 e. The van der Waals surface area contributed by atoms with E-state index in [9.17, 15) is 48.6 Å². The van der Waals surface area contributed by atoms with Crippen molar-refractivity contribution >= 4 is 64.9 Å². The number of primary amides is 1. The Morgan fingerprint density at radius 3 is 2.04 bits per heavy atom. The molecule has 0 aliphatic heterocycles. The van der Waals surface area contributed by atoms with E-state index in [1.54, 1.807) is 30.3 Å². The van der Waals surface area contributed by atoms with Crippen LogP contribution in [0.3, 0.4) is 0 Å². The number of nitrogens with two attached hydrogens (primary N) is 1. The Bertz CT molecular complexity index is 1930. The van der Waals surface area contributed by atoms with Crippen molar-refractivity contribution in [1.82, 2.24) is 16.0 Å². The molecule has 0 aliphatic carbocycles. The first-order valence-corrected chi connectivity index (χ1v) is 17.3. The molecule has 3 aromatic carbocycles. The van der Waals surface area contributed by atoms with E-state index in [2.05, 4.69) is 16.0 Å². The molecule has 5 amide bonds. The number of carbonyl (C=O) groups is 8. The lowest BCUT2D eigenvalue weighted by atomic mass is 9.98. The number of nitrogens with one attached hydrogen (secondary N) is 3. The predicted molar refractivity (Wildman–Crippen MR) is 200 cm³/mol. The highest BCUT2D eigenvalue weighted by Gasteiger charge is 2.31. The fraction of sp³-hybridized carbons (Fsp3) is 0.282. The van der Waals surface area contributed by atoms with Crippen molar-refractivity contribution in [2.24, 2.45) is 5.73 Å². The molecule has 290 valence electrons. The number of hydrogen-bond acceptors (Lipinski definition) is 8. The van der Waals surface area contributed by atoms with Crippen LogP contribution in [0.25, 0.3) is 6.08 Å². The Morgan fingerprint density at radius 2 is 1.40 bits per heavy atom. The van der Waals surface area contributed by atoms with E-state index < -0.39 is 71.5 Å². The van der Waals surface area contributed by atoms with Gasteiger partial charge in [0.15, 0.2) is 0 Å². The van der Waals surface area contributed by atoms with Crippen LogP contribution in [0.2, 0.25) is 0 Å². The van der Waals surface area contributed by atoms with Gasteiger partial charge in [0.1, 0.15) is 12.1 Å². The molecule has 2 atom stereocenters. The predicted octanol–water partition coefficient (Wildman–Crippen LogP) is 2.56. The summed E-state index contributed by atoms with van der Waals surface area (Å²) in [5.74, 6) is -8.96. The first-order valence-electron chi connectivity index (χ1n) is 17.3. The topological polar surface area (TPSA) is 263 Å². The van der Waals surface area contributed by atoms with Crippen LogP contribution >= 0.6 is 0 Å². The molecular formula is C39H43N5O11. The normalized spacial score (nSPS) is 11.9. The van der Waals surface area contributed by atoms with E-state index >= 15 is 0 Å². The molecule has 0 fully saturated rings. The van der Waals surface area contributed by atoms with Gasteiger partial charge in [0.2, 0.25) is 23.6 Å². The number of carboxylic acid groups (broad SMARTS) is 3. The zero-order chi connectivity index (χ0) is 40.5. The quantitative estimate of drug-likeness (QED) is 0.0500. The number of unbranched alkanes of at least 4 members (excludes halogenated alkanes) is 2. The number of benzene rings is 3. The Morgan fingerprint density at radius 1 is 0.745 bits per heavy atom. The molecule has 0 radical (unpaired) electrons. The Balaban J connectivity index is 2.08. The van der Waals surface area contributed by atoms with Gasteiger partial charge in [0.05, 0.1) is 23.4 Å². The van der Waals surface area contributed by atoms with Gasteiger partial charge in [-0.15, -0.1) is 0 Å². The Hall–Kier alpha value is -6.84. The minimum Gasteiger partial charge on any atom is -0.481 e. The van der Waals surface area contributed by atoms with Gasteiger partial charge in [0.25, 0.3) is 0 Å². The van der Waals surface area contributed by atoms with E-state index in [0.29, 0.717) is 29.0 Å². The average molecular weight is 758 g/mol. The first kappa shape index (κ1) is 42.6. The van der Waals surface area contributed by atoms with Crippen LogP contribution in [-0.4, -0.2) is 81.4 Å². The van der Waals surface area contributed by atoms with Crippen LogP contribution in [0.1, 0.15) is 66.1 Å². The lowest BCUT2D eigenvalue weighted by Gasteiger charge is -2.26. The molecule has 0 unspecified atom stereocenters. The third-order valence-electron chi connectivity index (χ3n) is 8.17. The highest BCUT2D eigenvalue weighted by Crippen LogP contribution is 2.33. The second-order valence-corrected chi connectivity index (χ2v) is 12.4. The number of anilines is 2. The van der Waals surface area contributed by atoms with Crippen LogP contribution in [0, 0.1) is 0 Å². The largest absolute Gasteiger partial charge is 0.481 e. The Labute approximate surface area is 316 Å². The van der Waals surface area contributed by atoms with Gasteiger partial charge in [0, 0.05) is 31.9 Å². The summed E-state index contributed by atoms with van der Waals surface area (Å²) in [7, 11) is 0. The smallest absolute Gasteiger partial charge is 0.395 e. The number of nitrogens with zero attached hydrogens (tertiary/aromatic N) is 1. The number of aliphatic carboxylic acids is 2. The third-order valence-corrected chi connectivity index (χ3v) is 8.17. The molecule has 0 saturated heterocycles. The maximum absolute atomic E-state index is 13.8. The molecule has 8 N–H and O–H groups in total. The summed E-state index contributed by atoms with van der Waals surface area (Å²) in [6, 6.07) is 15.6. The van der Waals surface area contributed by atoms with E-state index in [4.69, 9.17) is 10.8 Å². The van der Waals surface area contributed by atoms with Gasteiger partial charge in [-0.3, -0.25) is 33.7 Å². The van der Waals surface area contributed by atoms with Gasteiger partial charge in [-0.05, 0) is 53.5 Å². The zero-order valence-corrected chi connectivity index (χ0v) is 30.0. The second kappa shape index (κ2) is 21.0. The average Bonchev–Trinajstić information content (AvgIpc) is 3.15. The fourth-order valence-corrected chi connectivity index (χ4v) is 5.51. The molecule has 0 bridgehead atoms. The minimum absolute atomic E-state index is 0.0122. The minimum atomic E-state index is -1.91. The summed E-state index contributed by atoms with van der Waals surface area (Å²) < 4.78 is 0. The van der Waals surface area contributed by atoms with E-state index in [1.807, 2.05) is 6.92 Å². The van der Waals surface area contributed by atoms with Gasteiger partial charge < -0.3 is 37.0 Å². The molecule has 0 heterocycles. The number of carboxylic acids is 3. The van der Waals surface area contributed by atoms with E-state index in [-0.39, 0.29) is 36.2 Å². The van der Waals surface area contributed by atoms with Gasteiger partial charge in [-0.25, -0.2) is 9.59 Å². The number of para-hydroxylation sites is 1. The van der Waals surface area contributed by atoms with Crippen LogP contribution < -0.4 is 26.6 Å². The van der Waals surface area contributed by atoms with Crippen LogP contribution in [0.15, 0.2) is 78.9 Å². The summed E-state index contributed by atoms with van der Waals surface area (Å²) in [4.78, 5) is 101. The molecule has 0 aromatic heterocycles. The molecule has 3 rings (SSSR count). The van der Waals surface area contributed by atoms with Crippen molar-refractivity contribution in [2.45, 2.75) is 64.0 Å². The van der Waals surface area contributed by atoms with E-state index in [1.165, 1.54) is 48.5 Å². The van der Waals surface area contributed by atoms with Gasteiger partial charge in [-0.1, -0.05) is 68.3 Å². The summed E-state index contributed by atoms with van der Waals surface area (Å²) in [5, 5.41) is 36.6. The van der Waals surface area contributed by atoms with Crippen molar-refractivity contribution in [3.63, 3.8) is 0 Å². The molecule has 55 heavy (non-hydrogen) atoms. The molecule has 3 aromatic rings. The number of hydrogen-bond donors (Lipinski definition) is 7. The van der Waals surface area contributed by atoms with E-state index in [0.717, 1.165) is 18.9 Å². The van der Waals surface area contributed by atoms with Crippen molar-refractivity contribution in [3.05, 3.63) is 101 Å². The standard InChI is InChI=1S/C39H43N5O11/c1-2-3-9-20-41-35(49)28(43-36(50)29(22-24-10-5-4-6-11-24)42-33(46)18-19-34(47)48)23-25-14-16-30(26(21-25)15-17-32(40)45)44(37(51)39(54)55)31-13-8-7-12-27(31)38(52)53/h4-8,10-17,21,28-29H,2-3,9,18-20,22-23H2,1H3,(H2,40,45)(H,41,49)(H,42,46)(H,43,50)(H,47,48)(H,52,53)(H,54,55)/t28-,29-/m0/s1. The van der Waals surface area contributed by atoms with Crippen molar-refractivity contribution < 1.29 is 53.7 Å². The number of aromatic carboxylic acids is 1. The van der Waals surface area contributed by atoms with Gasteiger partial charge in [-0.2, -0.15) is 0 Å². The van der Waals surface area contributed by atoms with Crippen molar-refractivity contribution in [1.29, 1.82) is 0 Å². The summed E-state index contributed by atoms with van der Waals surface area (Å²) in [5.41, 5.74) is 5.59. The summed E-state index contributed by atoms with van der Waals surface area (Å²) in [6.45, 7) is 2.28.